The number of carbonyl (C=O) groups excluding carboxylic acids is 1. The molecule has 106 valence electrons. The van der Waals surface area contributed by atoms with Gasteiger partial charge in [-0.3, -0.25) is 4.79 Å². The van der Waals surface area contributed by atoms with Crippen LogP contribution in [0.25, 0.3) is 0 Å². The molecule has 0 spiro atoms. The molecule has 1 atom stereocenters. The van der Waals surface area contributed by atoms with Crippen molar-refractivity contribution in [1.82, 2.24) is 0 Å². The van der Waals surface area contributed by atoms with E-state index in [0.717, 1.165) is 12.8 Å². The number of carbonyl (C=O) groups is 1. The Morgan fingerprint density at radius 3 is 2.95 bits per heavy atom. The van der Waals surface area contributed by atoms with Crippen LogP contribution in [0.3, 0.4) is 0 Å². The van der Waals surface area contributed by atoms with Gasteiger partial charge >= 0.3 is 0 Å². The molecule has 1 aromatic carbocycles. The van der Waals surface area contributed by atoms with Gasteiger partial charge < -0.3 is 10.4 Å². The minimum absolute atomic E-state index is 0.0218. The summed E-state index contributed by atoms with van der Waals surface area (Å²) in [6, 6.07) is 5.22. The third-order valence-electron chi connectivity index (χ3n) is 3.44. The van der Waals surface area contributed by atoms with E-state index in [0.29, 0.717) is 28.6 Å². The molecule has 1 aromatic rings. The lowest BCUT2D eigenvalue weighted by Gasteiger charge is -2.12. The van der Waals surface area contributed by atoms with Crippen LogP contribution >= 0.6 is 11.6 Å². The van der Waals surface area contributed by atoms with E-state index < -0.39 is 0 Å². The van der Waals surface area contributed by atoms with Crippen molar-refractivity contribution in [1.29, 1.82) is 0 Å². The molecular formula is C16H18ClNO2. The molecule has 0 aliphatic heterocycles. The van der Waals surface area contributed by atoms with E-state index in [1.165, 1.54) is 0 Å². The van der Waals surface area contributed by atoms with Gasteiger partial charge in [0.25, 0.3) is 0 Å². The zero-order valence-corrected chi connectivity index (χ0v) is 12.2. The van der Waals surface area contributed by atoms with Gasteiger partial charge in [0.05, 0.1) is 12.3 Å². The summed E-state index contributed by atoms with van der Waals surface area (Å²) in [5.74, 6) is 6.36. The summed E-state index contributed by atoms with van der Waals surface area (Å²) in [5, 5.41) is 12.3. The summed E-state index contributed by atoms with van der Waals surface area (Å²) in [7, 11) is 0. The average molecular weight is 292 g/mol. The first kappa shape index (κ1) is 14.9. The number of halogens is 1. The monoisotopic (exact) mass is 291 g/mol. The van der Waals surface area contributed by atoms with Crippen LogP contribution < -0.4 is 5.32 Å². The van der Waals surface area contributed by atoms with Crippen molar-refractivity contribution in [3.05, 3.63) is 28.8 Å². The van der Waals surface area contributed by atoms with Crippen molar-refractivity contribution in [2.45, 2.75) is 26.2 Å². The van der Waals surface area contributed by atoms with Gasteiger partial charge in [-0.15, -0.1) is 0 Å². The largest absolute Gasteiger partial charge is 0.395 e. The Morgan fingerprint density at radius 1 is 1.55 bits per heavy atom. The topological polar surface area (TPSA) is 49.3 Å². The molecule has 20 heavy (non-hydrogen) atoms. The second kappa shape index (κ2) is 6.78. The van der Waals surface area contributed by atoms with Crippen LogP contribution in [0.5, 0.6) is 0 Å². The van der Waals surface area contributed by atoms with Crippen LogP contribution in [-0.2, 0) is 4.79 Å². The van der Waals surface area contributed by atoms with Crippen molar-refractivity contribution < 1.29 is 9.90 Å². The highest BCUT2D eigenvalue weighted by molar-refractivity contribution is 6.30. The van der Waals surface area contributed by atoms with Crippen LogP contribution in [0.1, 0.15) is 31.7 Å². The van der Waals surface area contributed by atoms with Crippen LogP contribution in [0.2, 0.25) is 5.02 Å². The predicted octanol–water partition coefficient (Wildman–Crippen LogP) is 3.06. The zero-order chi connectivity index (χ0) is 14.5. The Morgan fingerprint density at radius 2 is 2.30 bits per heavy atom. The van der Waals surface area contributed by atoms with Crippen LogP contribution in [0.15, 0.2) is 18.2 Å². The van der Waals surface area contributed by atoms with E-state index in [9.17, 15) is 4.79 Å². The van der Waals surface area contributed by atoms with Crippen LogP contribution in [0.4, 0.5) is 5.69 Å². The van der Waals surface area contributed by atoms with Gasteiger partial charge in [-0.05, 0) is 37.0 Å². The minimum Gasteiger partial charge on any atom is -0.395 e. The van der Waals surface area contributed by atoms with Gasteiger partial charge in [0.1, 0.15) is 0 Å². The highest BCUT2D eigenvalue weighted by atomic mass is 35.5. The highest BCUT2D eigenvalue weighted by Crippen LogP contribution is 2.37. The third kappa shape index (κ3) is 4.00. The summed E-state index contributed by atoms with van der Waals surface area (Å²) < 4.78 is 0. The first-order chi connectivity index (χ1) is 9.61. The number of rotatable bonds is 4. The highest BCUT2D eigenvalue weighted by Gasteiger charge is 2.32. The lowest BCUT2D eigenvalue weighted by atomic mass is 10.1. The maximum Gasteiger partial charge on any atom is 0.227 e. The van der Waals surface area contributed by atoms with E-state index in [1.54, 1.807) is 18.2 Å². The Bertz CT molecular complexity index is 555. The van der Waals surface area contributed by atoms with Crippen molar-refractivity contribution in [3.8, 4) is 11.8 Å². The van der Waals surface area contributed by atoms with Crippen molar-refractivity contribution >= 4 is 23.2 Å². The van der Waals surface area contributed by atoms with E-state index in [4.69, 9.17) is 16.7 Å². The molecule has 0 heterocycles. The fourth-order valence-electron chi connectivity index (χ4n) is 2.00. The first-order valence-electron chi connectivity index (χ1n) is 6.82. The van der Waals surface area contributed by atoms with Crippen molar-refractivity contribution in [2.24, 2.45) is 11.8 Å². The lowest BCUT2D eigenvalue weighted by molar-refractivity contribution is -0.119. The molecular weight excluding hydrogens is 274 g/mol. The third-order valence-corrected chi connectivity index (χ3v) is 3.68. The smallest absolute Gasteiger partial charge is 0.227 e. The number of aliphatic hydroxyl groups is 1. The Hall–Kier alpha value is -1.50. The summed E-state index contributed by atoms with van der Waals surface area (Å²) in [6.07, 6.45) is 2.68. The molecule has 2 rings (SSSR count). The molecule has 1 fully saturated rings. The van der Waals surface area contributed by atoms with Crippen LogP contribution in [-0.4, -0.2) is 17.6 Å². The molecule has 4 heteroatoms. The second-order valence-electron chi connectivity index (χ2n) is 5.08. The maximum atomic E-state index is 12.1. The number of anilines is 1. The Kier molecular flexibility index (Phi) is 5.05. The number of aliphatic hydroxyl groups excluding tert-OH is 1. The van der Waals surface area contributed by atoms with E-state index in [-0.39, 0.29) is 18.4 Å². The summed E-state index contributed by atoms with van der Waals surface area (Å²) in [6.45, 7) is 1.98. The van der Waals surface area contributed by atoms with Crippen molar-refractivity contribution in [3.63, 3.8) is 0 Å². The number of amides is 1. The van der Waals surface area contributed by atoms with Gasteiger partial charge in [0.15, 0.2) is 0 Å². The summed E-state index contributed by atoms with van der Waals surface area (Å²) in [4.78, 5) is 12.1. The minimum atomic E-state index is 0.0218. The van der Waals surface area contributed by atoms with Gasteiger partial charge in [0.2, 0.25) is 5.91 Å². The average Bonchev–Trinajstić information content (AvgIpc) is 3.25. The molecule has 0 bridgehead atoms. The van der Waals surface area contributed by atoms with E-state index in [1.807, 2.05) is 6.92 Å². The second-order valence-corrected chi connectivity index (χ2v) is 5.52. The zero-order valence-electron chi connectivity index (χ0n) is 11.4. The number of benzene rings is 1. The van der Waals surface area contributed by atoms with Gasteiger partial charge in [0, 0.05) is 22.9 Å². The molecule has 1 aliphatic carbocycles. The normalized spacial score (nSPS) is 15.2. The molecule has 0 aromatic heterocycles. The fourth-order valence-corrected chi connectivity index (χ4v) is 2.17. The number of hydrogen-bond acceptors (Lipinski definition) is 2. The lowest BCUT2D eigenvalue weighted by Crippen LogP contribution is -2.22. The quantitative estimate of drug-likeness (QED) is 0.838. The number of nitrogens with one attached hydrogen (secondary N) is 1. The molecule has 1 aliphatic rings. The van der Waals surface area contributed by atoms with Crippen LogP contribution in [0, 0.1) is 23.7 Å². The summed E-state index contributed by atoms with van der Waals surface area (Å²) in [5.41, 5.74) is 1.36. The maximum absolute atomic E-state index is 12.1. The standard InChI is InChI=1S/C16H18ClNO2/c1-11(12-5-6-12)16(20)18-15-8-7-14(17)10-13(15)4-2-3-9-19/h7-8,10-12,19H,3,5-6,9H2,1H3,(H,18,20). The Balaban J connectivity index is 2.13. The molecule has 1 unspecified atom stereocenters. The van der Waals surface area contributed by atoms with Gasteiger partial charge in [-0.2, -0.15) is 0 Å². The molecule has 3 nitrogen and oxygen atoms in total. The Labute approximate surface area is 124 Å². The number of hydrogen-bond donors (Lipinski definition) is 2. The predicted molar refractivity (Wildman–Crippen MR) is 80.6 cm³/mol. The van der Waals surface area contributed by atoms with E-state index >= 15 is 0 Å². The van der Waals surface area contributed by atoms with Crippen molar-refractivity contribution in [2.75, 3.05) is 11.9 Å². The molecule has 1 saturated carbocycles. The van der Waals surface area contributed by atoms with E-state index in [2.05, 4.69) is 17.2 Å². The summed E-state index contributed by atoms with van der Waals surface area (Å²) >= 11 is 5.96. The molecule has 0 saturated heterocycles. The van der Waals surface area contributed by atoms with Gasteiger partial charge in [-0.1, -0.05) is 30.4 Å². The SMILES string of the molecule is CC(C(=O)Nc1ccc(Cl)cc1C#CCCO)C1CC1. The molecule has 0 radical (unpaired) electrons. The van der Waals surface area contributed by atoms with Gasteiger partial charge in [-0.25, -0.2) is 0 Å². The fraction of sp³-hybridized carbons (Fsp3) is 0.438. The first-order valence-corrected chi connectivity index (χ1v) is 7.19. The molecule has 2 N–H and O–H groups in total. The molecule has 1 amide bonds.